The second-order valence-electron chi connectivity index (χ2n) is 8.75. The predicted octanol–water partition coefficient (Wildman–Crippen LogP) is 7.21. The fraction of sp³-hybridized carbons (Fsp3) is 1.00. The van der Waals surface area contributed by atoms with Gasteiger partial charge in [0.25, 0.3) is 0 Å². The highest BCUT2D eigenvalue weighted by Gasteiger charge is 2.27. The van der Waals surface area contributed by atoms with E-state index in [1.165, 1.54) is 96.6 Å². The highest BCUT2D eigenvalue weighted by molar-refractivity contribution is 4.79. The Bertz CT molecular complexity index is 269. The Labute approximate surface area is 153 Å². The van der Waals surface area contributed by atoms with Crippen LogP contribution in [-0.2, 0) is 0 Å². The molecule has 1 N–H and O–H groups in total. The van der Waals surface area contributed by atoms with E-state index in [2.05, 4.69) is 33.0 Å². The van der Waals surface area contributed by atoms with Crippen molar-refractivity contribution in [3.63, 3.8) is 0 Å². The quantitative estimate of drug-likeness (QED) is 0.330. The fourth-order valence-electron chi connectivity index (χ4n) is 4.74. The van der Waals surface area contributed by atoms with Crippen LogP contribution in [0.25, 0.3) is 0 Å². The molecule has 3 atom stereocenters. The Hall–Kier alpha value is -0.0400. The summed E-state index contributed by atoms with van der Waals surface area (Å²) in [6.45, 7) is 12.3. The standard InChI is InChI=1S/C23H47N/c1-5-7-9-11-13-20(3)19-23(14-12-10-8-6-2)21(4)22-15-17-24-18-16-22/h20-24H,5-19H2,1-4H3. The van der Waals surface area contributed by atoms with Crippen LogP contribution in [-0.4, -0.2) is 13.1 Å². The van der Waals surface area contributed by atoms with Gasteiger partial charge in [-0.2, -0.15) is 0 Å². The van der Waals surface area contributed by atoms with Gasteiger partial charge in [-0.3, -0.25) is 0 Å². The summed E-state index contributed by atoms with van der Waals surface area (Å²) in [5.41, 5.74) is 0. The maximum absolute atomic E-state index is 3.55. The first-order valence-corrected chi connectivity index (χ1v) is 11.4. The molecule has 1 saturated heterocycles. The molecule has 0 amide bonds. The molecule has 1 heterocycles. The number of hydrogen-bond donors (Lipinski definition) is 1. The van der Waals surface area contributed by atoms with Gasteiger partial charge in [-0.05, 0) is 56.0 Å². The number of nitrogens with one attached hydrogen (secondary N) is 1. The van der Waals surface area contributed by atoms with Gasteiger partial charge < -0.3 is 5.32 Å². The molecule has 0 bridgehead atoms. The van der Waals surface area contributed by atoms with Crippen LogP contribution < -0.4 is 5.32 Å². The molecule has 1 nitrogen and oxygen atoms in total. The highest BCUT2D eigenvalue weighted by atomic mass is 14.9. The Morgan fingerprint density at radius 3 is 1.96 bits per heavy atom. The highest BCUT2D eigenvalue weighted by Crippen LogP contribution is 2.35. The summed E-state index contributed by atoms with van der Waals surface area (Å²) in [7, 11) is 0. The van der Waals surface area contributed by atoms with Gasteiger partial charge in [0.15, 0.2) is 0 Å². The molecule has 0 radical (unpaired) electrons. The lowest BCUT2D eigenvalue weighted by Crippen LogP contribution is -2.33. The zero-order valence-corrected chi connectivity index (χ0v) is 17.4. The van der Waals surface area contributed by atoms with Crippen LogP contribution in [0.4, 0.5) is 0 Å². The molecule has 0 aromatic carbocycles. The van der Waals surface area contributed by atoms with Crippen molar-refractivity contribution in [2.45, 2.75) is 111 Å². The van der Waals surface area contributed by atoms with Crippen molar-refractivity contribution in [3.05, 3.63) is 0 Å². The van der Waals surface area contributed by atoms with Gasteiger partial charge in [0.2, 0.25) is 0 Å². The van der Waals surface area contributed by atoms with Crippen LogP contribution in [0.15, 0.2) is 0 Å². The van der Waals surface area contributed by atoms with Crippen LogP contribution in [0, 0.1) is 23.7 Å². The van der Waals surface area contributed by atoms with E-state index in [1.54, 1.807) is 0 Å². The monoisotopic (exact) mass is 337 g/mol. The van der Waals surface area contributed by atoms with Crippen molar-refractivity contribution >= 4 is 0 Å². The first-order chi connectivity index (χ1) is 11.7. The minimum absolute atomic E-state index is 0.933. The van der Waals surface area contributed by atoms with E-state index in [0.29, 0.717) is 0 Å². The maximum atomic E-state index is 3.55. The zero-order valence-electron chi connectivity index (χ0n) is 17.4. The molecule has 1 aliphatic heterocycles. The van der Waals surface area contributed by atoms with Crippen LogP contribution in [0.5, 0.6) is 0 Å². The molecule has 0 saturated carbocycles. The number of unbranched alkanes of at least 4 members (excludes halogenated alkanes) is 6. The van der Waals surface area contributed by atoms with Crippen molar-refractivity contribution in [2.75, 3.05) is 13.1 Å². The Morgan fingerprint density at radius 2 is 1.38 bits per heavy atom. The van der Waals surface area contributed by atoms with E-state index in [-0.39, 0.29) is 0 Å². The predicted molar refractivity (Wildman–Crippen MR) is 110 cm³/mol. The van der Waals surface area contributed by atoms with E-state index in [1.807, 2.05) is 0 Å². The lowest BCUT2D eigenvalue weighted by molar-refractivity contribution is 0.164. The molecule has 0 aromatic rings. The molecule has 3 unspecified atom stereocenters. The van der Waals surface area contributed by atoms with E-state index >= 15 is 0 Å². The van der Waals surface area contributed by atoms with E-state index in [0.717, 1.165) is 23.7 Å². The molecular formula is C23H47N. The summed E-state index contributed by atoms with van der Waals surface area (Å²) in [5, 5.41) is 3.55. The van der Waals surface area contributed by atoms with Crippen LogP contribution in [0.1, 0.15) is 111 Å². The van der Waals surface area contributed by atoms with Gasteiger partial charge in [-0.25, -0.2) is 0 Å². The largest absolute Gasteiger partial charge is 0.317 e. The SMILES string of the molecule is CCCCCCC(C)CC(CCCCCC)C(C)C1CCNCC1. The first kappa shape index (κ1) is 22.0. The second-order valence-corrected chi connectivity index (χ2v) is 8.75. The fourth-order valence-corrected chi connectivity index (χ4v) is 4.74. The van der Waals surface area contributed by atoms with Crippen molar-refractivity contribution in [1.82, 2.24) is 5.32 Å². The minimum Gasteiger partial charge on any atom is -0.317 e. The van der Waals surface area contributed by atoms with E-state index < -0.39 is 0 Å². The van der Waals surface area contributed by atoms with Gasteiger partial charge in [0, 0.05) is 0 Å². The summed E-state index contributed by atoms with van der Waals surface area (Å²) in [6, 6.07) is 0. The smallest absolute Gasteiger partial charge is 0.00462 e. The summed E-state index contributed by atoms with van der Waals surface area (Å²) >= 11 is 0. The second kappa shape index (κ2) is 14.2. The average molecular weight is 338 g/mol. The molecular weight excluding hydrogens is 290 g/mol. The van der Waals surface area contributed by atoms with Crippen molar-refractivity contribution in [1.29, 1.82) is 0 Å². The third kappa shape index (κ3) is 9.44. The van der Waals surface area contributed by atoms with E-state index in [9.17, 15) is 0 Å². The van der Waals surface area contributed by atoms with Gasteiger partial charge in [0.05, 0.1) is 0 Å². The van der Waals surface area contributed by atoms with Gasteiger partial charge in [-0.1, -0.05) is 91.9 Å². The van der Waals surface area contributed by atoms with Gasteiger partial charge >= 0.3 is 0 Å². The molecule has 1 aliphatic rings. The lowest BCUT2D eigenvalue weighted by atomic mass is 9.72. The molecule has 1 fully saturated rings. The van der Waals surface area contributed by atoms with Crippen molar-refractivity contribution in [2.24, 2.45) is 23.7 Å². The molecule has 0 aliphatic carbocycles. The topological polar surface area (TPSA) is 12.0 Å². The molecule has 1 heteroatoms. The number of hydrogen-bond acceptors (Lipinski definition) is 1. The Balaban J connectivity index is 2.42. The molecule has 0 spiro atoms. The van der Waals surface area contributed by atoms with Gasteiger partial charge in [-0.15, -0.1) is 0 Å². The Kier molecular flexibility index (Phi) is 13.0. The first-order valence-electron chi connectivity index (χ1n) is 11.4. The molecule has 0 aromatic heterocycles. The van der Waals surface area contributed by atoms with Crippen LogP contribution in [0.3, 0.4) is 0 Å². The van der Waals surface area contributed by atoms with Crippen molar-refractivity contribution < 1.29 is 0 Å². The normalized spacial score (nSPS) is 20.0. The maximum Gasteiger partial charge on any atom is -0.00462 e. The Morgan fingerprint density at radius 1 is 0.792 bits per heavy atom. The molecule has 1 rings (SSSR count). The summed E-state index contributed by atoms with van der Waals surface area (Å²) in [6.07, 6.45) is 18.7. The summed E-state index contributed by atoms with van der Waals surface area (Å²) < 4.78 is 0. The number of rotatable bonds is 14. The third-order valence-electron chi connectivity index (χ3n) is 6.56. The summed E-state index contributed by atoms with van der Waals surface area (Å²) in [4.78, 5) is 0. The minimum atomic E-state index is 0.933. The summed E-state index contributed by atoms with van der Waals surface area (Å²) in [5.74, 6) is 3.83. The van der Waals surface area contributed by atoms with Crippen LogP contribution >= 0.6 is 0 Å². The zero-order chi connectivity index (χ0) is 17.6. The molecule has 144 valence electrons. The average Bonchev–Trinajstić information content (AvgIpc) is 2.61. The van der Waals surface area contributed by atoms with Crippen molar-refractivity contribution in [3.8, 4) is 0 Å². The molecule has 24 heavy (non-hydrogen) atoms. The van der Waals surface area contributed by atoms with E-state index in [4.69, 9.17) is 0 Å². The van der Waals surface area contributed by atoms with Gasteiger partial charge in [0.1, 0.15) is 0 Å². The number of piperidine rings is 1. The lowest BCUT2D eigenvalue weighted by Gasteiger charge is -2.35. The third-order valence-corrected chi connectivity index (χ3v) is 6.56. The van der Waals surface area contributed by atoms with Crippen LogP contribution in [0.2, 0.25) is 0 Å².